The average Bonchev–Trinajstić information content (AvgIpc) is 2.98. The first-order valence-corrected chi connectivity index (χ1v) is 6.69. The first kappa shape index (κ1) is 12.0. The highest BCUT2D eigenvalue weighted by atomic mass is 16.7. The molecule has 0 radical (unpaired) electrons. The molecule has 2 heterocycles. The maximum atomic E-state index is 12.5. The van der Waals surface area contributed by atoms with Gasteiger partial charge in [0.15, 0.2) is 16.9 Å². The van der Waals surface area contributed by atoms with Gasteiger partial charge in [-0.3, -0.25) is 4.79 Å². The Morgan fingerprint density at radius 3 is 2.81 bits per heavy atom. The summed E-state index contributed by atoms with van der Waals surface area (Å²) in [5, 5.41) is 0.607. The number of hydrogen-bond donors (Lipinski definition) is 0. The van der Waals surface area contributed by atoms with Crippen molar-refractivity contribution in [3.63, 3.8) is 0 Å². The number of ether oxygens (including phenoxy) is 2. The molecule has 1 aliphatic heterocycles. The van der Waals surface area contributed by atoms with Gasteiger partial charge in [0.2, 0.25) is 6.79 Å². The second-order valence-corrected chi connectivity index (χ2v) is 4.95. The topological polar surface area (TPSA) is 48.7 Å². The van der Waals surface area contributed by atoms with Gasteiger partial charge in [-0.2, -0.15) is 0 Å². The highest BCUT2D eigenvalue weighted by Gasteiger charge is 2.14. The Balaban J connectivity index is 1.74. The minimum atomic E-state index is 0.00881. The van der Waals surface area contributed by atoms with Crippen LogP contribution in [0.15, 0.2) is 57.9 Å². The Bertz CT molecular complexity index is 879. The van der Waals surface area contributed by atoms with Gasteiger partial charge in [0.05, 0.1) is 11.6 Å². The van der Waals surface area contributed by atoms with E-state index in [0.29, 0.717) is 23.0 Å². The molecule has 0 fully saturated rings. The van der Waals surface area contributed by atoms with Gasteiger partial charge in [0, 0.05) is 12.0 Å². The fraction of sp³-hybridized carbons (Fsp3) is 0.118. The summed E-state index contributed by atoms with van der Waals surface area (Å²) in [7, 11) is 0. The molecule has 0 saturated heterocycles. The summed E-state index contributed by atoms with van der Waals surface area (Å²) in [4.78, 5) is 12.5. The van der Waals surface area contributed by atoms with Gasteiger partial charge in [-0.15, -0.1) is 0 Å². The van der Waals surface area contributed by atoms with Crippen molar-refractivity contribution in [1.29, 1.82) is 0 Å². The molecule has 1 aliphatic rings. The van der Waals surface area contributed by atoms with E-state index in [1.807, 2.05) is 30.3 Å². The summed E-state index contributed by atoms with van der Waals surface area (Å²) in [6.07, 6.45) is 2.04. The minimum Gasteiger partial charge on any atom is -0.464 e. The van der Waals surface area contributed by atoms with Gasteiger partial charge < -0.3 is 13.9 Å². The van der Waals surface area contributed by atoms with E-state index in [2.05, 4.69) is 0 Å². The van der Waals surface area contributed by atoms with Crippen molar-refractivity contribution >= 4 is 11.0 Å². The second-order valence-electron chi connectivity index (χ2n) is 4.95. The zero-order valence-electron chi connectivity index (χ0n) is 11.2. The van der Waals surface area contributed by atoms with Crippen LogP contribution in [-0.2, 0) is 6.42 Å². The van der Waals surface area contributed by atoms with E-state index in [9.17, 15) is 4.79 Å². The van der Waals surface area contributed by atoms with Crippen LogP contribution in [0.4, 0.5) is 0 Å². The molecule has 0 spiro atoms. The van der Waals surface area contributed by atoms with Crippen LogP contribution in [0.1, 0.15) is 11.1 Å². The lowest BCUT2D eigenvalue weighted by atomic mass is 10.0. The van der Waals surface area contributed by atoms with Crippen molar-refractivity contribution in [2.75, 3.05) is 6.79 Å². The lowest BCUT2D eigenvalue weighted by Crippen LogP contribution is -2.09. The van der Waals surface area contributed by atoms with Crippen LogP contribution < -0.4 is 14.9 Å². The number of benzene rings is 2. The Labute approximate surface area is 120 Å². The Kier molecular flexibility index (Phi) is 2.67. The van der Waals surface area contributed by atoms with Crippen molar-refractivity contribution in [3.05, 3.63) is 70.1 Å². The maximum Gasteiger partial charge on any atom is 0.231 e. The molecule has 0 aliphatic carbocycles. The second kappa shape index (κ2) is 4.66. The summed E-state index contributed by atoms with van der Waals surface area (Å²) in [5.74, 6) is 1.46. The third-order valence-electron chi connectivity index (χ3n) is 3.58. The monoisotopic (exact) mass is 280 g/mol. The molecular formula is C17H12O4. The van der Waals surface area contributed by atoms with E-state index >= 15 is 0 Å². The SMILES string of the molecule is O=c1c(Cc2ccc3c(c2)OCO3)coc2ccccc12. The number of rotatable bonds is 2. The van der Waals surface area contributed by atoms with E-state index in [1.54, 1.807) is 12.1 Å². The van der Waals surface area contributed by atoms with Gasteiger partial charge >= 0.3 is 0 Å². The van der Waals surface area contributed by atoms with E-state index in [1.165, 1.54) is 6.26 Å². The smallest absolute Gasteiger partial charge is 0.231 e. The molecule has 4 rings (SSSR count). The molecule has 1 aromatic heterocycles. The fourth-order valence-corrected chi connectivity index (χ4v) is 2.51. The molecule has 0 unspecified atom stereocenters. The van der Waals surface area contributed by atoms with Crippen LogP contribution in [0.25, 0.3) is 11.0 Å². The number of para-hydroxylation sites is 1. The van der Waals surface area contributed by atoms with Crippen molar-refractivity contribution in [3.8, 4) is 11.5 Å². The van der Waals surface area contributed by atoms with Gasteiger partial charge in [-0.25, -0.2) is 0 Å². The van der Waals surface area contributed by atoms with Crippen molar-refractivity contribution in [2.24, 2.45) is 0 Å². The Morgan fingerprint density at radius 2 is 1.86 bits per heavy atom. The van der Waals surface area contributed by atoms with Gasteiger partial charge in [0.25, 0.3) is 0 Å². The fourth-order valence-electron chi connectivity index (χ4n) is 2.51. The molecule has 0 atom stereocenters. The number of fused-ring (bicyclic) bond motifs is 2. The summed E-state index contributed by atoms with van der Waals surface area (Å²) in [5.41, 5.74) is 2.24. The molecule has 0 bridgehead atoms. The molecule has 0 N–H and O–H groups in total. The van der Waals surface area contributed by atoms with Crippen LogP contribution in [0.2, 0.25) is 0 Å². The molecule has 4 heteroatoms. The lowest BCUT2D eigenvalue weighted by Gasteiger charge is -2.04. The van der Waals surface area contributed by atoms with E-state index in [0.717, 1.165) is 17.1 Å². The van der Waals surface area contributed by atoms with Gasteiger partial charge in [-0.1, -0.05) is 18.2 Å². The average molecular weight is 280 g/mol. The lowest BCUT2D eigenvalue weighted by molar-refractivity contribution is 0.174. The molecule has 104 valence electrons. The molecule has 21 heavy (non-hydrogen) atoms. The van der Waals surface area contributed by atoms with Crippen LogP contribution in [-0.4, -0.2) is 6.79 Å². The third-order valence-corrected chi connectivity index (χ3v) is 3.58. The van der Waals surface area contributed by atoms with Crippen LogP contribution >= 0.6 is 0 Å². The van der Waals surface area contributed by atoms with Crippen LogP contribution in [0.3, 0.4) is 0 Å². The normalized spacial score (nSPS) is 12.8. The standard InChI is InChI=1S/C17H12O4/c18-17-12(9-19-14-4-2-1-3-13(14)17)7-11-5-6-15-16(8-11)21-10-20-15/h1-6,8-9H,7,10H2. The summed E-state index contributed by atoms with van der Waals surface area (Å²) >= 11 is 0. The Morgan fingerprint density at radius 1 is 1.00 bits per heavy atom. The first-order valence-electron chi connectivity index (χ1n) is 6.69. The molecule has 0 amide bonds. The quantitative estimate of drug-likeness (QED) is 0.723. The minimum absolute atomic E-state index is 0.00881. The third kappa shape index (κ3) is 2.05. The van der Waals surface area contributed by atoms with Gasteiger partial charge in [0.1, 0.15) is 5.58 Å². The summed E-state index contributed by atoms with van der Waals surface area (Å²) in [6.45, 7) is 0.247. The largest absolute Gasteiger partial charge is 0.464 e. The van der Waals surface area contributed by atoms with Gasteiger partial charge in [-0.05, 0) is 29.8 Å². The molecular weight excluding hydrogens is 268 g/mol. The highest BCUT2D eigenvalue weighted by Crippen LogP contribution is 2.33. The summed E-state index contributed by atoms with van der Waals surface area (Å²) in [6, 6.07) is 13.0. The maximum absolute atomic E-state index is 12.5. The first-order chi connectivity index (χ1) is 10.3. The van der Waals surface area contributed by atoms with Crippen molar-refractivity contribution < 1.29 is 13.9 Å². The van der Waals surface area contributed by atoms with Crippen molar-refractivity contribution in [1.82, 2.24) is 0 Å². The molecule has 2 aromatic carbocycles. The van der Waals surface area contributed by atoms with E-state index in [-0.39, 0.29) is 12.2 Å². The van der Waals surface area contributed by atoms with Crippen LogP contribution in [0, 0.1) is 0 Å². The molecule has 0 saturated carbocycles. The van der Waals surface area contributed by atoms with Crippen LogP contribution in [0.5, 0.6) is 11.5 Å². The molecule has 3 aromatic rings. The number of hydrogen-bond acceptors (Lipinski definition) is 4. The van der Waals surface area contributed by atoms with E-state index in [4.69, 9.17) is 13.9 Å². The molecule has 4 nitrogen and oxygen atoms in total. The highest BCUT2D eigenvalue weighted by molar-refractivity contribution is 5.76. The predicted octanol–water partition coefficient (Wildman–Crippen LogP) is 3.11. The van der Waals surface area contributed by atoms with E-state index < -0.39 is 0 Å². The predicted molar refractivity (Wildman–Crippen MR) is 77.9 cm³/mol. The zero-order chi connectivity index (χ0) is 14.2. The Hall–Kier alpha value is -2.75. The summed E-state index contributed by atoms with van der Waals surface area (Å²) < 4.78 is 16.2. The van der Waals surface area contributed by atoms with Crippen molar-refractivity contribution in [2.45, 2.75) is 6.42 Å². The zero-order valence-corrected chi connectivity index (χ0v) is 11.2.